The van der Waals surface area contributed by atoms with Crippen LogP contribution in [0.4, 0.5) is 0 Å². The molecule has 0 bridgehead atoms. The molecule has 0 N–H and O–H groups in total. The van der Waals surface area contributed by atoms with Crippen molar-refractivity contribution in [3.63, 3.8) is 0 Å². The molecule has 1 aromatic rings. The van der Waals surface area contributed by atoms with Crippen molar-refractivity contribution >= 4 is 12.2 Å². The molecule has 0 amide bonds. The third kappa shape index (κ3) is 3.48. The second-order valence-corrected chi connectivity index (χ2v) is 7.21. The first kappa shape index (κ1) is 14.2. The highest BCUT2D eigenvalue weighted by molar-refractivity contribution is 6.86. The minimum Gasteiger partial charge on any atom is -0.0795 e. The Balaban J connectivity index is 1.61. The van der Waals surface area contributed by atoms with Crippen LogP contribution in [0.5, 0.6) is 0 Å². The van der Waals surface area contributed by atoms with Gasteiger partial charge in [0.25, 0.3) is 0 Å². The fourth-order valence-electron chi connectivity index (χ4n) is 4.37. The molecule has 0 aromatic heterocycles. The van der Waals surface area contributed by atoms with Crippen LogP contribution >= 0.6 is 0 Å². The van der Waals surface area contributed by atoms with Gasteiger partial charge < -0.3 is 0 Å². The Morgan fingerprint density at radius 2 is 1.15 bits per heavy atom. The third-order valence-corrected chi connectivity index (χ3v) is 5.74. The van der Waals surface area contributed by atoms with Gasteiger partial charge in [-0.1, -0.05) is 118 Å². The van der Waals surface area contributed by atoms with Crippen LogP contribution in [0, 0.1) is 0 Å². The SMILES string of the molecule is c1ccc(B2CC23CCCCCCCCCCC3)cc1. The van der Waals surface area contributed by atoms with Gasteiger partial charge in [0.05, 0.1) is 0 Å². The predicted octanol–water partition coefficient (Wildman–Crippen LogP) is 5.45. The molecule has 1 heterocycles. The van der Waals surface area contributed by atoms with Crippen LogP contribution in [-0.2, 0) is 0 Å². The molecule has 1 aliphatic heterocycles. The van der Waals surface area contributed by atoms with Gasteiger partial charge in [-0.2, -0.15) is 0 Å². The smallest absolute Gasteiger partial charge is 0.0795 e. The molecule has 0 atom stereocenters. The van der Waals surface area contributed by atoms with E-state index >= 15 is 0 Å². The van der Waals surface area contributed by atoms with Crippen molar-refractivity contribution in [2.45, 2.75) is 82.3 Å². The van der Waals surface area contributed by atoms with Crippen molar-refractivity contribution in [1.82, 2.24) is 0 Å². The van der Waals surface area contributed by atoms with Crippen LogP contribution in [0.2, 0.25) is 11.6 Å². The van der Waals surface area contributed by atoms with E-state index in [1.165, 1.54) is 76.9 Å². The van der Waals surface area contributed by atoms with Crippen molar-refractivity contribution in [2.24, 2.45) is 0 Å². The maximum atomic E-state index is 2.36. The molecule has 1 saturated heterocycles. The highest BCUT2D eigenvalue weighted by Crippen LogP contribution is 2.60. The lowest BCUT2D eigenvalue weighted by atomic mass is 9.53. The van der Waals surface area contributed by atoms with Crippen LogP contribution in [0.1, 0.15) is 70.6 Å². The number of hydrogen-bond donors (Lipinski definition) is 0. The Morgan fingerprint density at radius 3 is 1.70 bits per heavy atom. The molecule has 0 unspecified atom stereocenters. The summed E-state index contributed by atoms with van der Waals surface area (Å²) in [5.74, 6) is 0. The molecule has 20 heavy (non-hydrogen) atoms. The largest absolute Gasteiger partial charge is 0.181 e. The summed E-state index contributed by atoms with van der Waals surface area (Å²) < 4.78 is 0. The standard InChI is InChI=1S/C19H29B/c1-2-4-6-11-15-19(16-12-7-5-3-1)17-20(19)18-13-9-8-10-14-18/h8-10,13-14H,1-7,11-12,15-17H2. The van der Waals surface area contributed by atoms with E-state index in [4.69, 9.17) is 0 Å². The summed E-state index contributed by atoms with van der Waals surface area (Å²) in [5, 5.41) is 0.695. The minimum atomic E-state index is 0.695. The van der Waals surface area contributed by atoms with Crippen molar-refractivity contribution in [3.8, 4) is 0 Å². The van der Waals surface area contributed by atoms with E-state index < -0.39 is 0 Å². The first-order chi connectivity index (χ1) is 9.91. The zero-order valence-corrected chi connectivity index (χ0v) is 12.9. The summed E-state index contributed by atoms with van der Waals surface area (Å²) in [6.45, 7) is 0.881. The van der Waals surface area contributed by atoms with Crippen molar-refractivity contribution in [1.29, 1.82) is 0 Å². The molecule has 3 rings (SSSR count). The molecule has 1 spiro atoms. The maximum Gasteiger partial charge on any atom is 0.181 e. The molecule has 1 heteroatoms. The Labute approximate surface area is 125 Å². The number of rotatable bonds is 1. The quantitative estimate of drug-likeness (QED) is 0.594. The van der Waals surface area contributed by atoms with Gasteiger partial charge in [0.2, 0.25) is 0 Å². The van der Waals surface area contributed by atoms with E-state index in [0.717, 1.165) is 6.71 Å². The van der Waals surface area contributed by atoms with Gasteiger partial charge in [-0.05, 0) is 0 Å². The monoisotopic (exact) mass is 268 g/mol. The van der Waals surface area contributed by atoms with Crippen molar-refractivity contribution < 1.29 is 0 Å². The summed E-state index contributed by atoms with van der Waals surface area (Å²) in [7, 11) is 0. The van der Waals surface area contributed by atoms with Crippen LogP contribution in [0.3, 0.4) is 0 Å². The maximum absolute atomic E-state index is 2.36. The Hall–Kier alpha value is -0.715. The van der Waals surface area contributed by atoms with Gasteiger partial charge in [0, 0.05) is 0 Å². The molecule has 2 fully saturated rings. The molecular formula is C19H29B. The second-order valence-electron chi connectivity index (χ2n) is 7.21. The fourth-order valence-corrected chi connectivity index (χ4v) is 4.37. The predicted molar refractivity (Wildman–Crippen MR) is 90.1 cm³/mol. The molecule has 1 aromatic carbocycles. The lowest BCUT2D eigenvalue weighted by molar-refractivity contribution is 0.466. The van der Waals surface area contributed by atoms with Gasteiger partial charge >= 0.3 is 0 Å². The van der Waals surface area contributed by atoms with E-state index in [0.29, 0.717) is 5.31 Å². The zero-order valence-electron chi connectivity index (χ0n) is 12.9. The molecular weight excluding hydrogens is 239 g/mol. The molecule has 1 saturated carbocycles. The van der Waals surface area contributed by atoms with Gasteiger partial charge in [0.1, 0.15) is 0 Å². The second kappa shape index (κ2) is 6.83. The first-order valence-corrected chi connectivity index (χ1v) is 8.96. The minimum absolute atomic E-state index is 0.695. The molecule has 2 aliphatic rings. The lowest BCUT2D eigenvalue weighted by Crippen LogP contribution is -2.20. The van der Waals surface area contributed by atoms with Crippen LogP contribution < -0.4 is 5.46 Å². The van der Waals surface area contributed by atoms with Crippen molar-refractivity contribution in [2.75, 3.05) is 0 Å². The lowest BCUT2D eigenvalue weighted by Gasteiger charge is -2.18. The third-order valence-electron chi connectivity index (χ3n) is 5.74. The van der Waals surface area contributed by atoms with E-state index in [9.17, 15) is 0 Å². The van der Waals surface area contributed by atoms with Crippen molar-refractivity contribution in [3.05, 3.63) is 30.3 Å². The highest BCUT2D eigenvalue weighted by atomic mass is 14.4. The van der Waals surface area contributed by atoms with Gasteiger partial charge in [-0.25, -0.2) is 0 Å². The molecule has 108 valence electrons. The summed E-state index contributed by atoms with van der Waals surface area (Å²) in [4.78, 5) is 0. The average molecular weight is 268 g/mol. The summed E-state index contributed by atoms with van der Waals surface area (Å²) in [5.41, 5.74) is 1.61. The number of benzene rings is 1. The van der Waals surface area contributed by atoms with Crippen LogP contribution in [0.25, 0.3) is 0 Å². The molecule has 0 radical (unpaired) electrons. The summed E-state index contributed by atoms with van der Waals surface area (Å²) >= 11 is 0. The molecule has 0 nitrogen and oxygen atoms in total. The van der Waals surface area contributed by atoms with E-state index in [2.05, 4.69) is 30.3 Å². The Morgan fingerprint density at radius 1 is 0.650 bits per heavy atom. The fraction of sp³-hybridized carbons (Fsp3) is 0.684. The number of hydrogen-bond acceptors (Lipinski definition) is 0. The van der Waals surface area contributed by atoms with E-state index in [-0.39, 0.29) is 0 Å². The zero-order chi connectivity index (χ0) is 13.7. The molecule has 1 aliphatic carbocycles. The normalized spacial score (nSPS) is 23.9. The highest BCUT2D eigenvalue weighted by Gasteiger charge is 2.55. The van der Waals surface area contributed by atoms with Gasteiger partial charge in [-0.3, -0.25) is 0 Å². The van der Waals surface area contributed by atoms with Gasteiger partial charge in [-0.15, -0.1) is 0 Å². The Kier molecular flexibility index (Phi) is 4.86. The average Bonchev–Trinajstić information content (AvgIpc) is 3.19. The Bertz CT molecular complexity index is 385. The summed E-state index contributed by atoms with van der Waals surface area (Å²) in [6.07, 6.45) is 17.8. The van der Waals surface area contributed by atoms with E-state index in [1.807, 2.05) is 0 Å². The van der Waals surface area contributed by atoms with E-state index in [1.54, 1.807) is 5.46 Å². The summed E-state index contributed by atoms with van der Waals surface area (Å²) in [6, 6.07) is 11.3. The van der Waals surface area contributed by atoms with Crippen LogP contribution in [-0.4, -0.2) is 6.71 Å². The van der Waals surface area contributed by atoms with Gasteiger partial charge in [0.15, 0.2) is 6.71 Å². The first-order valence-electron chi connectivity index (χ1n) is 8.96. The topological polar surface area (TPSA) is 0 Å². The van der Waals surface area contributed by atoms with Crippen LogP contribution in [0.15, 0.2) is 30.3 Å².